The van der Waals surface area contributed by atoms with Gasteiger partial charge in [0.1, 0.15) is 11.4 Å². The van der Waals surface area contributed by atoms with Gasteiger partial charge in [0.05, 0.1) is 31.0 Å². The summed E-state index contributed by atoms with van der Waals surface area (Å²) in [4.78, 5) is 12.3. The largest absolute Gasteiger partial charge is 0.494 e. The second kappa shape index (κ2) is 7.68. The van der Waals surface area contributed by atoms with Gasteiger partial charge in [0, 0.05) is 22.6 Å². The number of carbonyl (C=O) groups excluding carboxylic acids is 1. The molecular formula is C22H21ClN2O3. The van der Waals surface area contributed by atoms with E-state index < -0.39 is 0 Å². The molecule has 0 N–H and O–H groups in total. The van der Waals surface area contributed by atoms with Crippen LogP contribution in [0, 0.1) is 5.92 Å². The molecule has 0 saturated heterocycles. The minimum atomic E-state index is -0.184. The highest BCUT2D eigenvalue weighted by Gasteiger charge is 2.35. The third-order valence-electron chi connectivity index (χ3n) is 5.01. The van der Waals surface area contributed by atoms with Gasteiger partial charge in [-0.1, -0.05) is 35.9 Å². The number of halogens is 1. The van der Waals surface area contributed by atoms with Crippen LogP contribution in [0.5, 0.6) is 5.75 Å². The van der Waals surface area contributed by atoms with Crippen molar-refractivity contribution in [2.45, 2.75) is 19.8 Å². The third kappa shape index (κ3) is 3.27. The van der Waals surface area contributed by atoms with Gasteiger partial charge in [0.2, 0.25) is 0 Å². The number of carbonyl (C=O) groups is 1. The molecule has 1 heterocycles. The highest BCUT2D eigenvalue weighted by Crippen LogP contribution is 2.38. The normalized spacial score (nSPS) is 15.3. The summed E-state index contributed by atoms with van der Waals surface area (Å²) in [5, 5.41) is 5.53. The van der Waals surface area contributed by atoms with Crippen LogP contribution in [0.15, 0.2) is 48.5 Å². The molecule has 0 fully saturated rings. The third-order valence-corrected chi connectivity index (χ3v) is 5.26. The molecule has 0 spiro atoms. The van der Waals surface area contributed by atoms with Crippen molar-refractivity contribution in [3.8, 4) is 22.7 Å². The van der Waals surface area contributed by atoms with Crippen LogP contribution in [0.25, 0.3) is 16.9 Å². The van der Waals surface area contributed by atoms with Crippen LogP contribution in [0.3, 0.4) is 0 Å². The Morgan fingerprint density at radius 1 is 1.18 bits per heavy atom. The van der Waals surface area contributed by atoms with E-state index in [1.807, 2.05) is 60.1 Å². The number of hydrogen-bond acceptors (Lipinski definition) is 4. The molecule has 0 aliphatic heterocycles. The monoisotopic (exact) mass is 396 g/mol. The van der Waals surface area contributed by atoms with E-state index in [2.05, 4.69) is 0 Å². The maximum Gasteiger partial charge on any atom is 0.309 e. The summed E-state index contributed by atoms with van der Waals surface area (Å²) in [7, 11) is 1.65. The van der Waals surface area contributed by atoms with Gasteiger partial charge in [-0.15, -0.1) is 0 Å². The lowest BCUT2D eigenvalue weighted by Gasteiger charge is -2.14. The minimum absolute atomic E-state index is 0.161. The summed E-state index contributed by atoms with van der Waals surface area (Å²) >= 11 is 6.09. The molecule has 1 unspecified atom stereocenters. The number of aromatic nitrogens is 2. The summed E-state index contributed by atoms with van der Waals surface area (Å²) in [5.74, 6) is 0.392. The fraction of sp³-hybridized carbons (Fsp3) is 0.273. The molecule has 0 amide bonds. The Labute approximate surface area is 168 Å². The van der Waals surface area contributed by atoms with Gasteiger partial charge >= 0.3 is 5.97 Å². The quantitative estimate of drug-likeness (QED) is 0.597. The summed E-state index contributed by atoms with van der Waals surface area (Å²) < 4.78 is 12.7. The predicted octanol–water partition coefficient (Wildman–Crippen LogP) is 4.48. The van der Waals surface area contributed by atoms with Gasteiger partial charge in [-0.3, -0.25) is 4.79 Å². The standard InChI is InChI=1S/C22H21ClN2O3/c1-3-28-22(26)15-12-17-18(13-15)24-25(19-6-4-5-7-20(19)27-2)21(17)14-8-10-16(23)11-9-14/h4-11,15H,3,12-13H2,1-2H3. The second-order valence-corrected chi connectivity index (χ2v) is 7.16. The zero-order valence-corrected chi connectivity index (χ0v) is 16.6. The Morgan fingerprint density at radius 3 is 2.64 bits per heavy atom. The zero-order chi connectivity index (χ0) is 19.7. The highest BCUT2D eigenvalue weighted by atomic mass is 35.5. The molecule has 3 aromatic rings. The summed E-state index contributed by atoms with van der Waals surface area (Å²) in [6, 6.07) is 15.4. The van der Waals surface area contributed by atoms with Gasteiger partial charge in [-0.2, -0.15) is 5.10 Å². The van der Waals surface area contributed by atoms with Crippen molar-refractivity contribution in [2.24, 2.45) is 5.92 Å². The van der Waals surface area contributed by atoms with Crippen LogP contribution < -0.4 is 4.74 Å². The van der Waals surface area contributed by atoms with E-state index in [9.17, 15) is 4.79 Å². The SMILES string of the molecule is CCOC(=O)C1Cc2nn(-c3ccccc3OC)c(-c3ccc(Cl)cc3)c2C1. The number of esters is 1. The Bertz CT molecular complexity index is 1010. The molecule has 28 heavy (non-hydrogen) atoms. The number of benzene rings is 2. The van der Waals surface area contributed by atoms with Crippen LogP contribution in [0.2, 0.25) is 5.02 Å². The smallest absolute Gasteiger partial charge is 0.309 e. The topological polar surface area (TPSA) is 53.3 Å². The summed E-state index contributed by atoms with van der Waals surface area (Å²) in [5.41, 5.74) is 4.81. The number of rotatable bonds is 5. The van der Waals surface area contributed by atoms with E-state index in [1.165, 1.54) is 0 Å². The molecule has 5 nitrogen and oxygen atoms in total. The predicted molar refractivity (Wildman–Crippen MR) is 108 cm³/mol. The molecule has 0 radical (unpaired) electrons. The molecule has 144 valence electrons. The number of hydrogen-bond donors (Lipinski definition) is 0. The van der Waals surface area contributed by atoms with Crippen LogP contribution >= 0.6 is 11.6 Å². The number of nitrogens with zero attached hydrogens (tertiary/aromatic N) is 2. The lowest BCUT2D eigenvalue weighted by atomic mass is 10.0. The first kappa shape index (κ1) is 18.6. The Hall–Kier alpha value is -2.79. The molecule has 1 aliphatic rings. The van der Waals surface area contributed by atoms with E-state index in [4.69, 9.17) is 26.2 Å². The fourth-order valence-corrected chi connectivity index (χ4v) is 3.86. The van der Waals surface area contributed by atoms with Gasteiger partial charge in [-0.05, 0) is 37.6 Å². The first-order chi connectivity index (χ1) is 13.6. The minimum Gasteiger partial charge on any atom is -0.494 e. The van der Waals surface area contributed by atoms with E-state index in [1.54, 1.807) is 7.11 Å². The number of methoxy groups -OCH3 is 1. The molecule has 2 aromatic carbocycles. The lowest BCUT2D eigenvalue weighted by Crippen LogP contribution is -2.19. The van der Waals surface area contributed by atoms with E-state index in [-0.39, 0.29) is 11.9 Å². The number of para-hydroxylation sites is 2. The van der Waals surface area contributed by atoms with Crippen LogP contribution in [0.1, 0.15) is 18.2 Å². The van der Waals surface area contributed by atoms with Crippen molar-refractivity contribution < 1.29 is 14.3 Å². The highest BCUT2D eigenvalue weighted by molar-refractivity contribution is 6.30. The van der Waals surface area contributed by atoms with Crippen molar-refractivity contribution in [3.63, 3.8) is 0 Å². The summed E-state index contributed by atoms with van der Waals surface area (Å²) in [6.45, 7) is 2.21. The summed E-state index contributed by atoms with van der Waals surface area (Å²) in [6.07, 6.45) is 1.19. The van der Waals surface area contributed by atoms with E-state index in [0.717, 1.165) is 34.0 Å². The van der Waals surface area contributed by atoms with Crippen LogP contribution in [-0.4, -0.2) is 29.5 Å². The van der Waals surface area contributed by atoms with Crippen molar-refractivity contribution in [1.29, 1.82) is 0 Å². The van der Waals surface area contributed by atoms with E-state index >= 15 is 0 Å². The van der Waals surface area contributed by atoms with Crippen molar-refractivity contribution in [1.82, 2.24) is 9.78 Å². The molecule has 1 aromatic heterocycles. The Morgan fingerprint density at radius 2 is 1.93 bits per heavy atom. The zero-order valence-electron chi connectivity index (χ0n) is 15.8. The maximum atomic E-state index is 12.3. The molecule has 0 saturated carbocycles. The molecule has 0 bridgehead atoms. The molecule has 6 heteroatoms. The second-order valence-electron chi connectivity index (χ2n) is 6.72. The Kier molecular flexibility index (Phi) is 5.09. The van der Waals surface area contributed by atoms with Gasteiger partial charge in [-0.25, -0.2) is 4.68 Å². The average Bonchev–Trinajstić information content (AvgIpc) is 3.27. The molecule has 4 rings (SSSR count). The molecule has 1 aliphatic carbocycles. The maximum absolute atomic E-state index is 12.3. The Balaban J connectivity index is 1.84. The average molecular weight is 397 g/mol. The van der Waals surface area contributed by atoms with Crippen molar-refractivity contribution >= 4 is 17.6 Å². The number of ether oxygens (including phenoxy) is 2. The fourth-order valence-electron chi connectivity index (χ4n) is 3.74. The van der Waals surface area contributed by atoms with Gasteiger partial charge in [0.15, 0.2) is 0 Å². The first-order valence-electron chi connectivity index (χ1n) is 9.29. The first-order valence-corrected chi connectivity index (χ1v) is 9.67. The molecule has 1 atom stereocenters. The van der Waals surface area contributed by atoms with Crippen LogP contribution in [0.4, 0.5) is 0 Å². The van der Waals surface area contributed by atoms with Crippen LogP contribution in [-0.2, 0) is 22.4 Å². The van der Waals surface area contributed by atoms with Gasteiger partial charge < -0.3 is 9.47 Å². The van der Waals surface area contributed by atoms with Crippen molar-refractivity contribution in [3.05, 3.63) is 64.8 Å². The van der Waals surface area contributed by atoms with Gasteiger partial charge in [0.25, 0.3) is 0 Å². The van der Waals surface area contributed by atoms with Crippen molar-refractivity contribution in [2.75, 3.05) is 13.7 Å². The lowest BCUT2D eigenvalue weighted by molar-refractivity contribution is -0.147. The number of fused-ring (bicyclic) bond motifs is 1. The van der Waals surface area contributed by atoms with E-state index in [0.29, 0.717) is 24.5 Å². The molecular weight excluding hydrogens is 376 g/mol.